The minimum Gasteiger partial charge on any atom is -0.440 e. The minimum absolute atomic E-state index is 0.288. The number of alkyl halides is 3. The molecule has 0 saturated heterocycles. The quantitative estimate of drug-likeness (QED) is 0.594. The first-order chi connectivity index (χ1) is 14.2. The van der Waals surface area contributed by atoms with Gasteiger partial charge in [0.25, 0.3) is 0 Å². The summed E-state index contributed by atoms with van der Waals surface area (Å²) in [5.41, 5.74) is 0.443. The Bertz CT molecular complexity index is 1080. The zero-order chi connectivity index (χ0) is 21.4. The van der Waals surface area contributed by atoms with E-state index in [4.69, 9.17) is 14.0 Å². The molecule has 0 amide bonds. The molecule has 0 unspecified atom stereocenters. The molecule has 1 aliphatic heterocycles. The average molecular weight is 419 g/mol. The van der Waals surface area contributed by atoms with Crippen molar-refractivity contribution in [3.63, 3.8) is 0 Å². The Morgan fingerprint density at radius 3 is 2.47 bits per heavy atom. The van der Waals surface area contributed by atoms with Gasteiger partial charge >= 0.3 is 6.36 Å². The van der Waals surface area contributed by atoms with E-state index in [1.165, 1.54) is 24.3 Å². The van der Waals surface area contributed by atoms with Gasteiger partial charge in [-0.1, -0.05) is 23.4 Å². The topological polar surface area (TPSA) is 79.0 Å². The molecular formula is C20H16F3N3O4. The number of nitrogens with zero attached hydrogens (tertiary/aromatic N) is 3. The zero-order valence-electron chi connectivity index (χ0n) is 15.9. The summed E-state index contributed by atoms with van der Waals surface area (Å²) in [5, 5.41) is 11.8. The van der Waals surface area contributed by atoms with Gasteiger partial charge in [-0.25, -0.2) is 0 Å². The van der Waals surface area contributed by atoms with Crippen molar-refractivity contribution in [2.24, 2.45) is 5.16 Å². The Balaban J connectivity index is 1.44. The predicted molar refractivity (Wildman–Crippen MR) is 98.7 cm³/mol. The molecule has 1 aromatic heterocycles. The fourth-order valence-electron chi connectivity index (χ4n) is 2.97. The highest BCUT2D eigenvalue weighted by Crippen LogP contribution is 2.36. The lowest BCUT2D eigenvalue weighted by Gasteiger charge is -2.21. The van der Waals surface area contributed by atoms with Crippen LogP contribution in [0.25, 0.3) is 11.5 Å². The van der Waals surface area contributed by atoms with E-state index in [1.807, 2.05) is 6.07 Å². The monoisotopic (exact) mass is 419 g/mol. The van der Waals surface area contributed by atoms with Gasteiger partial charge in [0.15, 0.2) is 5.60 Å². The Hall–Kier alpha value is -3.56. The van der Waals surface area contributed by atoms with Crippen molar-refractivity contribution in [1.82, 2.24) is 10.2 Å². The van der Waals surface area contributed by atoms with Gasteiger partial charge in [0.05, 0.1) is 6.42 Å². The molecule has 3 aromatic rings. The summed E-state index contributed by atoms with van der Waals surface area (Å²) in [6.07, 6.45) is -4.45. The lowest BCUT2D eigenvalue weighted by atomic mass is 9.93. The van der Waals surface area contributed by atoms with E-state index in [0.29, 0.717) is 34.6 Å². The summed E-state index contributed by atoms with van der Waals surface area (Å²) >= 11 is 0. The second-order valence-corrected chi connectivity index (χ2v) is 6.81. The fourth-order valence-corrected chi connectivity index (χ4v) is 2.97. The standard InChI is InChI=1S/C20H16F3N3O4/c1-12-24-25-18(27-12)13-4-3-5-16(10-13)28-17-11-19(2,30-26-17)14-6-8-15(9-7-14)29-20(21,22)23/h3-10H,11H2,1-2H3/t19-/m1/s1. The molecule has 30 heavy (non-hydrogen) atoms. The number of hydrogen-bond acceptors (Lipinski definition) is 7. The molecule has 0 bridgehead atoms. The highest BCUT2D eigenvalue weighted by molar-refractivity contribution is 5.81. The number of hydrogen-bond donors (Lipinski definition) is 0. The molecule has 0 aliphatic carbocycles. The van der Waals surface area contributed by atoms with Crippen LogP contribution in [0, 0.1) is 6.92 Å². The van der Waals surface area contributed by atoms with E-state index in [1.54, 1.807) is 32.0 Å². The largest absolute Gasteiger partial charge is 0.573 e. The highest BCUT2D eigenvalue weighted by atomic mass is 19.4. The number of aryl methyl sites for hydroxylation is 1. The molecule has 0 fully saturated rings. The normalized spacial score (nSPS) is 18.6. The molecule has 0 radical (unpaired) electrons. The Kier molecular flexibility index (Phi) is 4.84. The SMILES string of the molecule is Cc1nnc(-c2cccc(OC3=NO[C@@](C)(c4ccc(OC(F)(F)F)cc4)C3)c2)o1. The van der Waals surface area contributed by atoms with Crippen LogP contribution in [-0.4, -0.2) is 22.5 Å². The summed E-state index contributed by atoms with van der Waals surface area (Å²) in [5.74, 6) is 1.34. The Labute approximate surface area is 169 Å². The van der Waals surface area contributed by atoms with Crippen LogP contribution < -0.4 is 9.47 Å². The molecule has 4 rings (SSSR count). The Morgan fingerprint density at radius 1 is 1.03 bits per heavy atom. The molecule has 0 N–H and O–H groups in total. The van der Waals surface area contributed by atoms with Gasteiger partial charge in [-0.2, -0.15) is 0 Å². The Morgan fingerprint density at radius 2 is 1.80 bits per heavy atom. The van der Waals surface area contributed by atoms with Crippen LogP contribution >= 0.6 is 0 Å². The predicted octanol–water partition coefficient (Wildman–Crippen LogP) is 4.97. The van der Waals surface area contributed by atoms with Crippen molar-refractivity contribution >= 4 is 5.90 Å². The van der Waals surface area contributed by atoms with Crippen LogP contribution in [0.3, 0.4) is 0 Å². The van der Waals surface area contributed by atoms with E-state index in [2.05, 4.69) is 20.1 Å². The molecule has 1 atom stereocenters. The van der Waals surface area contributed by atoms with E-state index in [9.17, 15) is 13.2 Å². The third kappa shape index (κ3) is 4.37. The van der Waals surface area contributed by atoms with Crippen molar-refractivity contribution in [3.05, 3.63) is 60.0 Å². The number of aromatic nitrogens is 2. The summed E-state index contributed by atoms with van der Waals surface area (Å²) in [6.45, 7) is 3.47. The van der Waals surface area contributed by atoms with Crippen molar-refractivity contribution < 1.29 is 31.9 Å². The average Bonchev–Trinajstić information content (AvgIpc) is 3.28. The van der Waals surface area contributed by atoms with Gasteiger partial charge in [-0.05, 0) is 42.8 Å². The first-order valence-electron chi connectivity index (χ1n) is 8.90. The molecule has 0 spiro atoms. The number of benzene rings is 2. The van der Waals surface area contributed by atoms with Crippen molar-refractivity contribution in [2.75, 3.05) is 0 Å². The molecule has 156 valence electrons. The van der Waals surface area contributed by atoms with E-state index < -0.39 is 12.0 Å². The van der Waals surface area contributed by atoms with Crippen LogP contribution in [0.15, 0.2) is 58.1 Å². The number of oxime groups is 1. The summed E-state index contributed by atoms with van der Waals surface area (Å²) < 4.78 is 52.1. The fraction of sp³-hybridized carbons (Fsp3) is 0.250. The summed E-state index contributed by atoms with van der Waals surface area (Å²) in [4.78, 5) is 5.53. The van der Waals surface area contributed by atoms with E-state index in [0.717, 1.165) is 0 Å². The van der Waals surface area contributed by atoms with Crippen LogP contribution in [0.2, 0.25) is 0 Å². The third-order valence-electron chi connectivity index (χ3n) is 4.38. The van der Waals surface area contributed by atoms with Gasteiger partial charge < -0.3 is 18.7 Å². The first-order valence-corrected chi connectivity index (χ1v) is 8.90. The van der Waals surface area contributed by atoms with E-state index >= 15 is 0 Å². The lowest BCUT2D eigenvalue weighted by Crippen LogP contribution is -2.23. The molecular weight excluding hydrogens is 403 g/mol. The van der Waals surface area contributed by atoms with Gasteiger partial charge in [-0.15, -0.1) is 23.4 Å². The van der Waals surface area contributed by atoms with Gasteiger partial charge in [0, 0.05) is 12.5 Å². The van der Waals surface area contributed by atoms with Crippen LogP contribution in [0.5, 0.6) is 11.5 Å². The maximum absolute atomic E-state index is 12.3. The number of ether oxygens (including phenoxy) is 2. The molecule has 2 heterocycles. The smallest absolute Gasteiger partial charge is 0.440 e. The molecule has 1 aliphatic rings. The van der Waals surface area contributed by atoms with Gasteiger partial charge in [0.2, 0.25) is 17.7 Å². The van der Waals surface area contributed by atoms with Crippen molar-refractivity contribution in [3.8, 4) is 23.0 Å². The second-order valence-electron chi connectivity index (χ2n) is 6.81. The lowest BCUT2D eigenvalue weighted by molar-refractivity contribution is -0.274. The summed E-state index contributed by atoms with van der Waals surface area (Å²) in [7, 11) is 0. The molecule has 2 aromatic carbocycles. The number of halogens is 3. The third-order valence-corrected chi connectivity index (χ3v) is 4.38. The van der Waals surface area contributed by atoms with Crippen LogP contribution in [-0.2, 0) is 10.4 Å². The highest BCUT2D eigenvalue weighted by Gasteiger charge is 2.38. The van der Waals surface area contributed by atoms with Crippen molar-refractivity contribution in [2.45, 2.75) is 32.2 Å². The van der Waals surface area contributed by atoms with Gasteiger partial charge in [0.1, 0.15) is 11.5 Å². The van der Waals surface area contributed by atoms with Crippen LogP contribution in [0.1, 0.15) is 24.8 Å². The first kappa shape index (κ1) is 19.7. The maximum Gasteiger partial charge on any atom is 0.573 e. The summed E-state index contributed by atoms with van der Waals surface area (Å²) in [6, 6.07) is 12.5. The molecule has 7 nitrogen and oxygen atoms in total. The van der Waals surface area contributed by atoms with Crippen molar-refractivity contribution in [1.29, 1.82) is 0 Å². The number of rotatable bonds is 4. The zero-order valence-corrected chi connectivity index (χ0v) is 15.9. The minimum atomic E-state index is -4.74. The van der Waals surface area contributed by atoms with Gasteiger partial charge in [-0.3, -0.25) is 0 Å². The maximum atomic E-state index is 12.3. The second kappa shape index (κ2) is 7.36. The van der Waals surface area contributed by atoms with E-state index in [-0.39, 0.29) is 12.2 Å². The van der Waals surface area contributed by atoms with Crippen LogP contribution in [0.4, 0.5) is 13.2 Å². The molecule has 10 heteroatoms. The molecule has 0 saturated carbocycles.